The first-order valence-corrected chi connectivity index (χ1v) is 4.79. The van der Waals surface area contributed by atoms with Gasteiger partial charge in [0, 0.05) is 19.3 Å². The van der Waals surface area contributed by atoms with E-state index in [0.29, 0.717) is 25.7 Å². The van der Waals surface area contributed by atoms with Crippen molar-refractivity contribution in [1.82, 2.24) is 0 Å². The Kier molecular flexibility index (Phi) is 7.26. The molecule has 0 heterocycles. The highest BCUT2D eigenvalue weighted by Gasteiger charge is 2.04. The maximum absolute atomic E-state index is 11.1. The average molecular weight is 186 g/mol. The third kappa shape index (κ3) is 7.50. The molecule has 13 heavy (non-hydrogen) atoms. The normalized spacial score (nSPS) is 9.69. The molecule has 0 aromatic carbocycles. The van der Waals surface area contributed by atoms with E-state index >= 15 is 0 Å². The molecule has 0 atom stereocenters. The summed E-state index contributed by atoms with van der Waals surface area (Å²) < 4.78 is 4.46. The molecule has 0 N–H and O–H groups in total. The second-order valence-corrected chi connectivity index (χ2v) is 3.07. The van der Waals surface area contributed by atoms with Crippen molar-refractivity contribution in [3.63, 3.8) is 0 Å². The van der Waals surface area contributed by atoms with Crippen LogP contribution in [-0.4, -0.2) is 18.9 Å². The van der Waals surface area contributed by atoms with Gasteiger partial charge in [-0.3, -0.25) is 9.59 Å². The van der Waals surface area contributed by atoms with Gasteiger partial charge in [0.05, 0.1) is 7.11 Å². The predicted octanol–water partition coefficient (Wildman–Crippen LogP) is 2.09. The van der Waals surface area contributed by atoms with E-state index in [1.54, 1.807) is 0 Å². The van der Waals surface area contributed by atoms with Crippen LogP contribution in [0.25, 0.3) is 0 Å². The quantitative estimate of drug-likeness (QED) is 0.572. The van der Waals surface area contributed by atoms with Crippen LogP contribution in [0.2, 0.25) is 0 Å². The Balaban J connectivity index is 3.31. The van der Waals surface area contributed by atoms with Crippen LogP contribution in [0.4, 0.5) is 0 Å². The molecule has 0 spiro atoms. The number of hydrogen-bond acceptors (Lipinski definition) is 3. The molecule has 0 fully saturated rings. The van der Waals surface area contributed by atoms with Gasteiger partial charge in [0.25, 0.3) is 0 Å². The van der Waals surface area contributed by atoms with Crippen LogP contribution in [-0.2, 0) is 14.3 Å². The van der Waals surface area contributed by atoms with Gasteiger partial charge < -0.3 is 4.74 Å². The number of ether oxygens (including phenoxy) is 1. The van der Waals surface area contributed by atoms with Crippen LogP contribution >= 0.6 is 0 Å². The number of rotatable bonds is 7. The van der Waals surface area contributed by atoms with Gasteiger partial charge in [0.2, 0.25) is 0 Å². The molecular formula is C10H18O3. The summed E-state index contributed by atoms with van der Waals surface area (Å²) in [6.07, 6.45) is 4.14. The molecule has 0 bridgehead atoms. The fourth-order valence-electron chi connectivity index (χ4n) is 1.03. The van der Waals surface area contributed by atoms with Gasteiger partial charge in [-0.05, 0) is 12.8 Å². The summed E-state index contributed by atoms with van der Waals surface area (Å²) in [5.41, 5.74) is 0. The molecule has 0 unspecified atom stereocenters. The Labute approximate surface area is 79.5 Å². The minimum atomic E-state index is -0.233. The summed E-state index contributed by atoms with van der Waals surface area (Å²) >= 11 is 0. The Bertz CT molecular complexity index is 164. The van der Waals surface area contributed by atoms with E-state index in [2.05, 4.69) is 11.7 Å². The zero-order valence-electron chi connectivity index (χ0n) is 8.47. The molecule has 3 heteroatoms. The monoisotopic (exact) mass is 186 g/mol. The number of carbonyl (C=O) groups excluding carboxylic acids is 2. The van der Waals surface area contributed by atoms with Crippen molar-refractivity contribution in [2.45, 2.75) is 45.4 Å². The van der Waals surface area contributed by atoms with E-state index < -0.39 is 0 Å². The number of carbonyl (C=O) groups is 2. The van der Waals surface area contributed by atoms with Gasteiger partial charge in [0.15, 0.2) is 0 Å². The Morgan fingerprint density at radius 3 is 2.23 bits per heavy atom. The van der Waals surface area contributed by atoms with Crippen LogP contribution in [0.1, 0.15) is 45.4 Å². The fraction of sp³-hybridized carbons (Fsp3) is 0.800. The topological polar surface area (TPSA) is 43.4 Å². The largest absolute Gasteiger partial charge is 0.469 e. The van der Waals surface area contributed by atoms with Gasteiger partial charge in [-0.2, -0.15) is 0 Å². The number of unbranched alkanes of at least 4 members (excludes halogenated alkanes) is 1. The summed E-state index contributed by atoms with van der Waals surface area (Å²) in [4.78, 5) is 21.8. The number of methoxy groups -OCH3 is 1. The van der Waals surface area contributed by atoms with Crippen LogP contribution in [0, 0.1) is 0 Å². The molecule has 3 nitrogen and oxygen atoms in total. The summed E-state index contributed by atoms with van der Waals surface area (Å²) in [6, 6.07) is 0. The lowest BCUT2D eigenvalue weighted by Crippen LogP contribution is -2.03. The lowest BCUT2D eigenvalue weighted by molar-refractivity contribution is -0.140. The maximum atomic E-state index is 11.1. The zero-order chi connectivity index (χ0) is 10.1. The van der Waals surface area contributed by atoms with Gasteiger partial charge in [-0.1, -0.05) is 13.3 Å². The molecule has 0 radical (unpaired) electrons. The highest BCUT2D eigenvalue weighted by atomic mass is 16.5. The van der Waals surface area contributed by atoms with Crippen LogP contribution in [0.15, 0.2) is 0 Å². The second kappa shape index (κ2) is 7.77. The maximum Gasteiger partial charge on any atom is 0.305 e. The van der Waals surface area contributed by atoms with Gasteiger partial charge in [-0.15, -0.1) is 0 Å². The van der Waals surface area contributed by atoms with E-state index in [1.807, 2.05) is 0 Å². The van der Waals surface area contributed by atoms with Crippen molar-refractivity contribution in [2.24, 2.45) is 0 Å². The van der Waals surface area contributed by atoms with Crippen molar-refractivity contribution in [3.8, 4) is 0 Å². The number of esters is 1. The average Bonchev–Trinajstić information content (AvgIpc) is 2.14. The third-order valence-electron chi connectivity index (χ3n) is 1.87. The molecule has 0 aliphatic rings. The van der Waals surface area contributed by atoms with Crippen LogP contribution in [0.5, 0.6) is 0 Å². The molecule has 76 valence electrons. The summed E-state index contributed by atoms with van der Waals surface area (Å²) in [5, 5.41) is 0. The Morgan fingerprint density at radius 1 is 1.08 bits per heavy atom. The smallest absolute Gasteiger partial charge is 0.305 e. The number of ketones is 1. The lowest BCUT2D eigenvalue weighted by atomic mass is 10.1. The van der Waals surface area contributed by atoms with E-state index in [-0.39, 0.29) is 11.8 Å². The third-order valence-corrected chi connectivity index (χ3v) is 1.87. The van der Waals surface area contributed by atoms with E-state index in [1.165, 1.54) is 7.11 Å². The molecule has 0 aromatic rings. The van der Waals surface area contributed by atoms with E-state index in [0.717, 1.165) is 12.8 Å². The van der Waals surface area contributed by atoms with Crippen molar-refractivity contribution in [2.75, 3.05) is 7.11 Å². The molecule has 0 saturated carbocycles. The zero-order valence-corrected chi connectivity index (χ0v) is 8.47. The van der Waals surface area contributed by atoms with Gasteiger partial charge in [-0.25, -0.2) is 0 Å². The number of hydrogen-bond donors (Lipinski definition) is 0. The predicted molar refractivity (Wildman–Crippen MR) is 50.4 cm³/mol. The fourth-order valence-corrected chi connectivity index (χ4v) is 1.03. The first kappa shape index (κ1) is 12.1. The summed E-state index contributed by atoms with van der Waals surface area (Å²) in [7, 11) is 1.36. The van der Waals surface area contributed by atoms with Gasteiger partial charge >= 0.3 is 5.97 Å². The van der Waals surface area contributed by atoms with Gasteiger partial charge in [0.1, 0.15) is 5.78 Å². The first-order chi connectivity index (χ1) is 6.20. The molecular weight excluding hydrogens is 168 g/mol. The van der Waals surface area contributed by atoms with Crippen molar-refractivity contribution >= 4 is 11.8 Å². The standard InChI is InChI=1S/C10H18O3/c1-3-4-6-9(11)7-5-8-10(12)13-2/h3-8H2,1-2H3. The van der Waals surface area contributed by atoms with Crippen LogP contribution in [0.3, 0.4) is 0 Å². The minimum absolute atomic E-state index is 0.233. The first-order valence-electron chi connectivity index (χ1n) is 4.79. The molecule has 0 aromatic heterocycles. The lowest BCUT2D eigenvalue weighted by Gasteiger charge is -1.99. The Morgan fingerprint density at radius 2 is 1.69 bits per heavy atom. The van der Waals surface area contributed by atoms with E-state index in [9.17, 15) is 9.59 Å². The molecule has 0 aliphatic heterocycles. The molecule has 0 rings (SSSR count). The SMILES string of the molecule is CCCCC(=O)CCCC(=O)OC. The van der Waals surface area contributed by atoms with Crippen molar-refractivity contribution in [3.05, 3.63) is 0 Å². The summed E-state index contributed by atoms with van der Waals surface area (Å²) in [5.74, 6) is 0.0223. The number of Topliss-reactive ketones (excluding diaryl/α,β-unsaturated/α-hetero) is 1. The summed E-state index contributed by atoms with van der Waals surface area (Å²) in [6.45, 7) is 2.06. The Hall–Kier alpha value is -0.860. The minimum Gasteiger partial charge on any atom is -0.469 e. The van der Waals surface area contributed by atoms with Crippen molar-refractivity contribution < 1.29 is 14.3 Å². The molecule has 0 aliphatic carbocycles. The highest BCUT2D eigenvalue weighted by molar-refractivity contribution is 5.79. The van der Waals surface area contributed by atoms with Crippen molar-refractivity contribution in [1.29, 1.82) is 0 Å². The second-order valence-electron chi connectivity index (χ2n) is 3.07. The van der Waals surface area contributed by atoms with E-state index in [4.69, 9.17) is 0 Å². The van der Waals surface area contributed by atoms with Crippen LogP contribution < -0.4 is 0 Å². The molecule has 0 amide bonds. The molecule has 0 saturated heterocycles. The highest BCUT2D eigenvalue weighted by Crippen LogP contribution is 2.03.